The molecule has 5 heteroatoms. The lowest BCUT2D eigenvalue weighted by molar-refractivity contribution is 0.249. The molecule has 2 amide bonds. The van der Waals surface area contributed by atoms with E-state index in [1.165, 1.54) is 10.5 Å². The summed E-state index contributed by atoms with van der Waals surface area (Å²) in [5.74, 6) is 0. The number of nitrogens with zero attached hydrogens (tertiary/aromatic N) is 1. The molecule has 0 spiro atoms. The van der Waals surface area contributed by atoms with Crippen molar-refractivity contribution < 1.29 is 4.79 Å². The minimum atomic E-state index is -0.644. The number of amides is 2. The summed E-state index contributed by atoms with van der Waals surface area (Å²) in [4.78, 5) is 12.1. The fourth-order valence-corrected chi connectivity index (χ4v) is 3.68. The normalized spacial score (nSPS) is 19.0. The molecule has 0 aliphatic carbocycles. The molecule has 0 bridgehead atoms. The van der Waals surface area contributed by atoms with Crippen LogP contribution in [0.1, 0.15) is 22.8 Å². The Kier molecular flexibility index (Phi) is 3.92. The summed E-state index contributed by atoms with van der Waals surface area (Å²) in [6.45, 7) is 0. The standard InChI is InChI=1S/C16H15N3OS/c17-16(20)19-18-13-10-15(11-6-2-1-3-7-11)21-14-9-5-4-8-12(13)14/h1-9,15H,10H2,(H3,17,19,20)/b18-13+. The van der Waals surface area contributed by atoms with Gasteiger partial charge in [-0.1, -0.05) is 48.5 Å². The van der Waals surface area contributed by atoms with Crippen LogP contribution in [0.5, 0.6) is 0 Å². The van der Waals surface area contributed by atoms with Crippen LogP contribution in [0.3, 0.4) is 0 Å². The van der Waals surface area contributed by atoms with E-state index in [0.717, 1.165) is 17.7 Å². The Bertz CT molecular complexity index is 685. The summed E-state index contributed by atoms with van der Waals surface area (Å²) < 4.78 is 0. The molecule has 106 valence electrons. The number of hydrazone groups is 1. The fraction of sp³-hybridized carbons (Fsp3) is 0.125. The van der Waals surface area contributed by atoms with Crippen molar-refractivity contribution in [3.8, 4) is 0 Å². The minimum Gasteiger partial charge on any atom is -0.350 e. The molecule has 3 N–H and O–H groups in total. The Morgan fingerprint density at radius 1 is 1.14 bits per heavy atom. The predicted octanol–water partition coefficient (Wildman–Crippen LogP) is 3.30. The SMILES string of the molecule is NC(=O)N/N=C1\CC(c2ccccc2)Sc2ccccc21. The lowest BCUT2D eigenvalue weighted by atomic mass is 10.0. The zero-order valence-corrected chi connectivity index (χ0v) is 12.1. The van der Waals surface area contributed by atoms with E-state index in [2.05, 4.69) is 28.7 Å². The van der Waals surface area contributed by atoms with E-state index in [-0.39, 0.29) is 5.25 Å². The third-order valence-electron chi connectivity index (χ3n) is 3.32. The van der Waals surface area contributed by atoms with Crippen molar-refractivity contribution >= 4 is 23.5 Å². The summed E-state index contributed by atoms with van der Waals surface area (Å²) in [5, 5.41) is 4.47. The van der Waals surface area contributed by atoms with E-state index in [4.69, 9.17) is 5.73 Å². The summed E-state index contributed by atoms with van der Waals surface area (Å²) in [5.41, 5.74) is 10.6. The summed E-state index contributed by atoms with van der Waals surface area (Å²) >= 11 is 1.82. The summed E-state index contributed by atoms with van der Waals surface area (Å²) in [6, 6.07) is 17.8. The number of benzene rings is 2. The number of fused-ring (bicyclic) bond motifs is 1. The first-order chi connectivity index (χ1) is 10.2. The Morgan fingerprint density at radius 3 is 2.62 bits per heavy atom. The molecule has 1 atom stereocenters. The number of carbonyl (C=O) groups excluding carboxylic acids is 1. The molecule has 0 radical (unpaired) electrons. The number of rotatable bonds is 2. The highest BCUT2D eigenvalue weighted by Crippen LogP contribution is 2.44. The van der Waals surface area contributed by atoms with Crippen molar-refractivity contribution in [2.24, 2.45) is 10.8 Å². The molecule has 3 rings (SSSR count). The Morgan fingerprint density at radius 2 is 1.86 bits per heavy atom. The number of carbonyl (C=O) groups is 1. The number of nitrogens with one attached hydrogen (secondary N) is 1. The fourth-order valence-electron chi connectivity index (χ4n) is 2.37. The molecule has 1 aliphatic rings. The average molecular weight is 297 g/mol. The molecule has 1 unspecified atom stereocenters. The third kappa shape index (κ3) is 3.08. The number of thioether (sulfide) groups is 1. The van der Waals surface area contributed by atoms with Crippen molar-refractivity contribution in [2.45, 2.75) is 16.6 Å². The third-order valence-corrected chi connectivity index (χ3v) is 4.65. The molecular formula is C16H15N3OS. The van der Waals surface area contributed by atoms with Crippen LogP contribution in [0, 0.1) is 0 Å². The molecule has 0 fully saturated rings. The van der Waals surface area contributed by atoms with Crippen molar-refractivity contribution in [2.75, 3.05) is 0 Å². The van der Waals surface area contributed by atoms with Crippen molar-refractivity contribution in [3.63, 3.8) is 0 Å². The smallest absolute Gasteiger partial charge is 0.332 e. The van der Waals surface area contributed by atoms with Gasteiger partial charge < -0.3 is 5.73 Å². The molecular weight excluding hydrogens is 282 g/mol. The zero-order valence-electron chi connectivity index (χ0n) is 11.3. The van der Waals surface area contributed by atoms with Gasteiger partial charge in [0, 0.05) is 22.1 Å². The van der Waals surface area contributed by atoms with Gasteiger partial charge in [0.2, 0.25) is 0 Å². The van der Waals surface area contributed by atoms with Gasteiger partial charge in [0.25, 0.3) is 0 Å². The first kappa shape index (κ1) is 13.7. The highest BCUT2D eigenvalue weighted by atomic mass is 32.2. The van der Waals surface area contributed by atoms with Crippen LogP contribution in [-0.2, 0) is 0 Å². The molecule has 1 aliphatic heterocycles. The number of urea groups is 1. The van der Waals surface area contributed by atoms with E-state index in [9.17, 15) is 4.79 Å². The minimum absolute atomic E-state index is 0.287. The van der Waals surface area contributed by atoms with Gasteiger partial charge in [0.1, 0.15) is 0 Å². The molecule has 2 aromatic carbocycles. The number of nitrogens with two attached hydrogens (primary N) is 1. The van der Waals surface area contributed by atoms with Gasteiger partial charge >= 0.3 is 6.03 Å². The van der Waals surface area contributed by atoms with Crippen molar-refractivity contribution in [3.05, 3.63) is 65.7 Å². The van der Waals surface area contributed by atoms with E-state index >= 15 is 0 Å². The molecule has 1 heterocycles. The first-order valence-corrected chi connectivity index (χ1v) is 7.55. The highest BCUT2D eigenvalue weighted by molar-refractivity contribution is 7.99. The van der Waals surface area contributed by atoms with E-state index < -0.39 is 6.03 Å². The molecule has 4 nitrogen and oxygen atoms in total. The molecule has 0 saturated carbocycles. The second-order valence-electron chi connectivity index (χ2n) is 4.75. The number of primary amides is 1. The maximum atomic E-state index is 10.9. The first-order valence-electron chi connectivity index (χ1n) is 6.67. The summed E-state index contributed by atoms with van der Waals surface area (Å²) in [6.07, 6.45) is 0.756. The van der Waals surface area contributed by atoms with Crippen LogP contribution in [0.25, 0.3) is 0 Å². The second-order valence-corrected chi connectivity index (χ2v) is 6.00. The van der Waals surface area contributed by atoms with Crippen LogP contribution in [0.2, 0.25) is 0 Å². The topological polar surface area (TPSA) is 67.5 Å². The van der Waals surface area contributed by atoms with Gasteiger partial charge in [-0.15, -0.1) is 11.8 Å². The maximum absolute atomic E-state index is 10.9. The predicted molar refractivity (Wildman–Crippen MR) is 85.4 cm³/mol. The quantitative estimate of drug-likeness (QED) is 0.835. The van der Waals surface area contributed by atoms with E-state index in [1.54, 1.807) is 0 Å². The van der Waals surface area contributed by atoms with Crippen molar-refractivity contribution in [1.29, 1.82) is 0 Å². The molecule has 2 aromatic rings. The molecule has 21 heavy (non-hydrogen) atoms. The van der Waals surface area contributed by atoms with Gasteiger partial charge in [-0.3, -0.25) is 0 Å². The van der Waals surface area contributed by atoms with Gasteiger partial charge in [-0.05, 0) is 11.6 Å². The molecule has 0 aromatic heterocycles. The van der Waals surface area contributed by atoms with Crippen LogP contribution in [-0.4, -0.2) is 11.7 Å². The zero-order chi connectivity index (χ0) is 14.7. The lowest BCUT2D eigenvalue weighted by Crippen LogP contribution is -2.27. The second kappa shape index (κ2) is 6.01. The van der Waals surface area contributed by atoms with E-state index in [0.29, 0.717) is 0 Å². The average Bonchev–Trinajstić information content (AvgIpc) is 2.53. The van der Waals surface area contributed by atoms with Crippen LogP contribution in [0.15, 0.2) is 64.6 Å². The Balaban J connectivity index is 1.96. The van der Waals surface area contributed by atoms with Gasteiger partial charge in [-0.25, -0.2) is 10.2 Å². The Hall–Kier alpha value is -2.27. The van der Waals surface area contributed by atoms with Crippen molar-refractivity contribution in [1.82, 2.24) is 5.43 Å². The maximum Gasteiger partial charge on any atom is 0.332 e. The van der Waals surface area contributed by atoms with Gasteiger partial charge in [-0.2, -0.15) is 5.10 Å². The Labute approximate surface area is 127 Å². The monoisotopic (exact) mass is 297 g/mol. The van der Waals surface area contributed by atoms with Crippen LogP contribution < -0.4 is 11.2 Å². The number of hydrogen-bond acceptors (Lipinski definition) is 3. The number of hydrogen-bond donors (Lipinski definition) is 2. The largest absolute Gasteiger partial charge is 0.350 e. The highest BCUT2D eigenvalue weighted by Gasteiger charge is 2.25. The van der Waals surface area contributed by atoms with E-state index in [1.807, 2.05) is 48.2 Å². The molecule has 0 saturated heterocycles. The van der Waals surface area contributed by atoms with Gasteiger partial charge in [0.15, 0.2) is 0 Å². The van der Waals surface area contributed by atoms with Crippen LogP contribution >= 0.6 is 11.8 Å². The van der Waals surface area contributed by atoms with Crippen LogP contribution in [0.4, 0.5) is 4.79 Å². The lowest BCUT2D eigenvalue weighted by Gasteiger charge is -2.25. The summed E-state index contributed by atoms with van der Waals surface area (Å²) in [7, 11) is 0. The van der Waals surface area contributed by atoms with Gasteiger partial charge in [0.05, 0.1) is 5.71 Å².